The Kier molecular flexibility index (Phi) is 5.55. The molecule has 0 aromatic carbocycles. The summed E-state index contributed by atoms with van der Waals surface area (Å²) in [4.78, 5) is 27.4. The Bertz CT molecular complexity index is 1110. The van der Waals surface area contributed by atoms with E-state index in [1.54, 1.807) is 23.6 Å². The third-order valence-electron chi connectivity index (χ3n) is 4.63. The zero-order valence-electron chi connectivity index (χ0n) is 16.1. The highest BCUT2D eigenvalue weighted by molar-refractivity contribution is 6.07. The van der Waals surface area contributed by atoms with Crippen LogP contribution in [0.2, 0.25) is 0 Å². The van der Waals surface area contributed by atoms with Crippen molar-refractivity contribution < 1.29 is 22.4 Å². The first-order valence-corrected chi connectivity index (χ1v) is 8.86. The lowest BCUT2D eigenvalue weighted by molar-refractivity contribution is -0.141. The van der Waals surface area contributed by atoms with Crippen molar-refractivity contribution >= 4 is 22.7 Å². The maximum absolute atomic E-state index is 14.3. The lowest BCUT2D eigenvalue weighted by Gasteiger charge is -2.25. The smallest absolute Gasteiger partial charge is 0.346 e. The molecule has 0 atom stereocenters. The minimum atomic E-state index is -4.57. The molecule has 0 radical (unpaired) electrons. The molecule has 3 aromatic rings. The Morgan fingerprint density at radius 2 is 1.97 bits per heavy atom. The van der Waals surface area contributed by atoms with E-state index < -0.39 is 29.9 Å². The van der Waals surface area contributed by atoms with Crippen LogP contribution in [0.25, 0.3) is 22.4 Å². The molecule has 0 saturated carbocycles. The van der Waals surface area contributed by atoms with E-state index in [4.69, 9.17) is 5.41 Å². The number of halogens is 4. The second-order valence-electron chi connectivity index (χ2n) is 7.16. The number of H-pyrrole nitrogens is 1. The second-order valence-corrected chi connectivity index (χ2v) is 7.16. The average Bonchev–Trinajstić information content (AvgIpc) is 3.16. The van der Waals surface area contributed by atoms with Gasteiger partial charge in [0.15, 0.2) is 11.6 Å². The van der Waals surface area contributed by atoms with Gasteiger partial charge in [0.25, 0.3) is 0 Å². The fourth-order valence-corrected chi connectivity index (χ4v) is 2.74. The van der Waals surface area contributed by atoms with Crippen LogP contribution in [0.1, 0.15) is 19.5 Å². The van der Waals surface area contributed by atoms with Gasteiger partial charge in [0.05, 0.1) is 17.3 Å². The molecule has 158 valence electrons. The Labute approximate surface area is 168 Å². The summed E-state index contributed by atoms with van der Waals surface area (Å²) < 4.78 is 51.4. The van der Waals surface area contributed by atoms with Crippen molar-refractivity contribution in [2.24, 2.45) is 5.41 Å². The minimum absolute atomic E-state index is 0.137. The number of hydrogen-bond acceptors (Lipinski definition) is 5. The summed E-state index contributed by atoms with van der Waals surface area (Å²) in [6.45, 7) is 1.09. The highest BCUT2D eigenvalue weighted by Crippen LogP contribution is 2.26. The molecule has 3 aromatic heterocycles. The molecule has 0 unspecified atom stereocenters. The Morgan fingerprint density at radius 3 is 2.67 bits per heavy atom. The van der Waals surface area contributed by atoms with Crippen LogP contribution in [0.5, 0.6) is 0 Å². The van der Waals surface area contributed by atoms with Gasteiger partial charge in [-0.1, -0.05) is 0 Å². The first-order chi connectivity index (χ1) is 14.0. The number of carbonyl (C=O) groups is 1. The molecule has 3 rings (SSSR count). The van der Waals surface area contributed by atoms with Gasteiger partial charge in [-0.2, -0.15) is 13.2 Å². The van der Waals surface area contributed by atoms with Crippen LogP contribution in [0.3, 0.4) is 0 Å². The van der Waals surface area contributed by atoms with E-state index in [-0.39, 0.29) is 23.7 Å². The molecule has 3 N–H and O–H groups in total. The molecule has 11 heteroatoms. The number of hydrogen-bond donors (Lipinski definition) is 3. The molecule has 7 nitrogen and oxygen atoms in total. The van der Waals surface area contributed by atoms with E-state index in [9.17, 15) is 22.4 Å². The maximum Gasteiger partial charge on any atom is 0.405 e. The predicted octanol–water partition coefficient (Wildman–Crippen LogP) is 3.43. The van der Waals surface area contributed by atoms with Crippen molar-refractivity contribution in [2.45, 2.75) is 26.4 Å². The van der Waals surface area contributed by atoms with Crippen molar-refractivity contribution in [3.63, 3.8) is 0 Å². The summed E-state index contributed by atoms with van der Waals surface area (Å²) in [5, 5.41) is 10.7. The Morgan fingerprint density at radius 1 is 1.23 bits per heavy atom. The van der Waals surface area contributed by atoms with Gasteiger partial charge in [0.1, 0.15) is 12.2 Å². The number of aromatic amines is 1. The van der Waals surface area contributed by atoms with Gasteiger partial charge < -0.3 is 15.7 Å². The van der Waals surface area contributed by atoms with Crippen molar-refractivity contribution in [1.29, 1.82) is 5.41 Å². The second kappa shape index (κ2) is 7.81. The van der Waals surface area contributed by atoms with Crippen LogP contribution in [0.4, 0.5) is 17.6 Å². The Balaban J connectivity index is 1.84. The summed E-state index contributed by atoms with van der Waals surface area (Å²) >= 11 is 0. The number of pyridine rings is 1. The highest BCUT2D eigenvalue weighted by Gasteiger charge is 2.36. The van der Waals surface area contributed by atoms with Gasteiger partial charge in [-0.25, -0.2) is 19.3 Å². The van der Waals surface area contributed by atoms with Crippen LogP contribution < -0.4 is 5.32 Å². The summed E-state index contributed by atoms with van der Waals surface area (Å²) in [6.07, 6.45) is -0.758. The van der Waals surface area contributed by atoms with Gasteiger partial charge >= 0.3 is 6.18 Å². The van der Waals surface area contributed by atoms with E-state index in [1.807, 2.05) is 0 Å². The maximum atomic E-state index is 14.3. The molecule has 0 aliphatic rings. The van der Waals surface area contributed by atoms with E-state index in [0.29, 0.717) is 11.2 Å². The Hall–Kier alpha value is -3.37. The summed E-state index contributed by atoms with van der Waals surface area (Å²) in [5.74, 6) is -1.57. The fraction of sp³-hybridized carbons (Fsp3) is 0.316. The number of rotatable bonds is 6. The molecule has 0 saturated heterocycles. The van der Waals surface area contributed by atoms with E-state index in [0.717, 1.165) is 11.6 Å². The van der Waals surface area contributed by atoms with Crippen molar-refractivity contribution in [3.8, 4) is 11.4 Å². The monoisotopic (exact) mass is 422 g/mol. The minimum Gasteiger partial charge on any atom is -0.346 e. The van der Waals surface area contributed by atoms with Gasteiger partial charge in [0, 0.05) is 35.5 Å². The molecule has 1 amide bonds. The zero-order chi connectivity index (χ0) is 22.1. The molecule has 30 heavy (non-hydrogen) atoms. The van der Waals surface area contributed by atoms with E-state index in [2.05, 4.69) is 19.9 Å². The molecule has 0 aliphatic carbocycles. The first kappa shape index (κ1) is 21.3. The number of carbonyl (C=O) groups excluding carboxylic acids is 1. The first-order valence-electron chi connectivity index (χ1n) is 8.86. The molecule has 0 fully saturated rings. The summed E-state index contributed by atoms with van der Waals surface area (Å²) in [6, 6.07) is 3.42. The molecular formula is C19H18F4N6O. The van der Waals surface area contributed by atoms with E-state index >= 15 is 0 Å². The quantitative estimate of drug-likeness (QED) is 0.418. The van der Waals surface area contributed by atoms with E-state index in [1.165, 1.54) is 20.0 Å². The lowest BCUT2D eigenvalue weighted by atomic mass is 9.84. The molecule has 0 bridgehead atoms. The van der Waals surface area contributed by atoms with Gasteiger partial charge in [-0.05, 0) is 26.0 Å². The van der Waals surface area contributed by atoms with Crippen LogP contribution in [0, 0.1) is 16.6 Å². The normalized spacial score (nSPS) is 12.2. The molecule has 0 aliphatic heterocycles. The summed E-state index contributed by atoms with van der Waals surface area (Å²) in [5.41, 5.74) is -0.823. The SMILES string of the molecule is CC(C)(C(=N)Cc1nc(-c2ccnc3[nH]ccc23)ncc1F)C(=O)NCC(F)(F)F. The van der Waals surface area contributed by atoms with Gasteiger partial charge in [0.2, 0.25) is 5.91 Å². The third kappa shape index (κ3) is 4.44. The standard InChI is InChI=1S/C19H18F4N6O/c1-18(2,17(30)28-9-19(21,22)23)14(24)7-13-12(20)8-27-16(29-13)11-4-6-26-15-10(11)3-5-25-15/h3-6,8,24H,7,9H2,1-2H3,(H,25,26)(H,28,30). The zero-order valence-corrected chi connectivity index (χ0v) is 16.1. The largest absolute Gasteiger partial charge is 0.405 e. The lowest BCUT2D eigenvalue weighted by Crippen LogP contribution is -2.46. The molecular weight excluding hydrogens is 404 g/mol. The predicted molar refractivity (Wildman–Crippen MR) is 101 cm³/mol. The van der Waals surface area contributed by atoms with Gasteiger partial charge in [-0.3, -0.25) is 4.79 Å². The van der Waals surface area contributed by atoms with Crippen LogP contribution in [0.15, 0.2) is 30.7 Å². The van der Waals surface area contributed by atoms with Gasteiger partial charge in [-0.15, -0.1) is 0 Å². The molecule has 0 spiro atoms. The highest BCUT2D eigenvalue weighted by atomic mass is 19.4. The number of nitrogens with one attached hydrogen (secondary N) is 3. The van der Waals surface area contributed by atoms with Crippen molar-refractivity contribution in [3.05, 3.63) is 42.2 Å². The number of fused-ring (bicyclic) bond motifs is 1. The van der Waals surface area contributed by atoms with Crippen LogP contribution in [-0.4, -0.2) is 44.3 Å². The fourth-order valence-electron chi connectivity index (χ4n) is 2.74. The number of alkyl halides is 3. The topological polar surface area (TPSA) is 107 Å². The number of nitrogens with zero attached hydrogens (tertiary/aromatic N) is 3. The number of amides is 1. The van der Waals surface area contributed by atoms with Crippen molar-refractivity contribution in [2.75, 3.05) is 6.54 Å². The van der Waals surface area contributed by atoms with Crippen LogP contribution >= 0.6 is 0 Å². The van der Waals surface area contributed by atoms with Crippen molar-refractivity contribution in [1.82, 2.24) is 25.3 Å². The third-order valence-corrected chi connectivity index (χ3v) is 4.63. The summed E-state index contributed by atoms with van der Waals surface area (Å²) in [7, 11) is 0. The molecule has 3 heterocycles. The van der Waals surface area contributed by atoms with Crippen LogP contribution in [-0.2, 0) is 11.2 Å². The number of aromatic nitrogens is 4. The average molecular weight is 422 g/mol.